The second kappa shape index (κ2) is 9.81. The van der Waals surface area contributed by atoms with Gasteiger partial charge >= 0.3 is 5.97 Å². The molecule has 0 rings (SSSR count). The lowest BCUT2D eigenvalue weighted by Gasteiger charge is -2.06. The zero-order valence-electron chi connectivity index (χ0n) is 10.1. The minimum absolute atomic E-state index is 0.481. The van der Waals surface area contributed by atoms with Gasteiger partial charge in [-0.3, -0.25) is 4.79 Å². The molecule has 17 heavy (non-hydrogen) atoms. The first-order chi connectivity index (χ1) is 8.07. The number of rotatable bonds is 10. The molecule has 96 valence electrons. The number of allylic oxidation sites excluding steroid dienone is 2. The number of aliphatic carboxylic acids is 1. The molecule has 4 nitrogen and oxygen atoms in total. The molecule has 0 radical (unpaired) electrons. The fourth-order valence-corrected chi connectivity index (χ4v) is 1.15. The van der Waals surface area contributed by atoms with Crippen LogP contribution in [0.5, 0.6) is 0 Å². The summed E-state index contributed by atoms with van der Waals surface area (Å²) in [5.41, 5.74) is 6.24. The fourth-order valence-electron chi connectivity index (χ4n) is 1.15. The molecule has 0 spiro atoms. The number of ether oxygens (including phenoxy) is 1. The highest BCUT2D eigenvalue weighted by Gasteiger charge is 2.09. The largest absolute Gasteiger partial charge is 0.480 e. The van der Waals surface area contributed by atoms with Crippen LogP contribution in [0.2, 0.25) is 0 Å². The third-order valence-electron chi connectivity index (χ3n) is 2.13. The smallest absolute Gasteiger partial charge is 0.320 e. The first kappa shape index (κ1) is 15.6. The Kier molecular flexibility index (Phi) is 9.01. The molecule has 3 N–H and O–H groups in total. The molecule has 1 unspecified atom stereocenters. The van der Waals surface area contributed by atoms with Crippen molar-refractivity contribution in [3.63, 3.8) is 0 Å². The average Bonchev–Trinajstić information content (AvgIpc) is 2.30. The van der Waals surface area contributed by atoms with Gasteiger partial charge in [0.25, 0.3) is 0 Å². The first-order valence-electron chi connectivity index (χ1n) is 5.61. The zero-order chi connectivity index (χ0) is 13.1. The van der Waals surface area contributed by atoms with Crippen LogP contribution in [0.1, 0.15) is 19.3 Å². The van der Waals surface area contributed by atoms with E-state index in [2.05, 4.69) is 13.2 Å². The molecule has 0 bridgehead atoms. The van der Waals surface area contributed by atoms with Gasteiger partial charge in [-0.15, -0.1) is 0 Å². The van der Waals surface area contributed by atoms with Gasteiger partial charge in [-0.25, -0.2) is 0 Å². The Bertz CT molecular complexity index is 284. The van der Waals surface area contributed by atoms with Crippen LogP contribution in [0.15, 0.2) is 37.0 Å². The monoisotopic (exact) mass is 239 g/mol. The molecule has 0 aromatic rings. The summed E-state index contributed by atoms with van der Waals surface area (Å²) in [6.45, 7) is 8.43. The molecule has 0 aliphatic rings. The van der Waals surface area contributed by atoms with Crippen LogP contribution in [0, 0.1) is 0 Å². The molecule has 0 aliphatic carbocycles. The summed E-state index contributed by atoms with van der Waals surface area (Å²) in [6, 6.07) is -0.763. The minimum atomic E-state index is -0.950. The van der Waals surface area contributed by atoms with Gasteiger partial charge in [0.15, 0.2) is 0 Å². The van der Waals surface area contributed by atoms with E-state index in [-0.39, 0.29) is 0 Å². The van der Waals surface area contributed by atoms with Crippen molar-refractivity contribution in [3.05, 3.63) is 37.0 Å². The molecule has 0 fully saturated rings. The van der Waals surface area contributed by atoms with E-state index in [1.165, 1.54) is 0 Å². The molecule has 0 aliphatic heterocycles. The zero-order valence-corrected chi connectivity index (χ0v) is 10.1. The normalized spacial score (nSPS) is 12.5. The Balaban J connectivity index is 3.41. The summed E-state index contributed by atoms with van der Waals surface area (Å²) < 4.78 is 5.36. The van der Waals surface area contributed by atoms with Crippen molar-refractivity contribution in [2.24, 2.45) is 5.73 Å². The Morgan fingerprint density at radius 3 is 2.76 bits per heavy atom. The molecule has 0 saturated heterocycles. The summed E-state index contributed by atoms with van der Waals surface area (Å²) in [7, 11) is 0. The van der Waals surface area contributed by atoms with Gasteiger partial charge in [-0.1, -0.05) is 31.4 Å². The van der Waals surface area contributed by atoms with Gasteiger partial charge in [0.2, 0.25) is 0 Å². The Labute approximate surface area is 102 Å². The molecule has 0 aromatic carbocycles. The van der Waals surface area contributed by atoms with Crippen molar-refractivity contribution >= 4 is 5.97 Å². The lowest BCUT2D eigenvalue weighted by atomic mass is 10.1. The van der Waals surface area contributed by atoms with Crippen molar-refractivity contribution in [1.82, 2.24) is 0 Å². The van der Waals surface area contributed by atoms with Crippen LogP contribution in [0.3, 0.4) is 0 Å². The van der Waals surface area contributed by atoms with Crippen LogP contribution >= 0.6 is 0 Å². The molecule has 4 heteroatoms. The second-order valence-corrected chi connectivity index (χ2v) is 3.75. The van der Waals surface area contributed by atoms with Crippen molar-refractivity contribution in [2.45, 2.75) is 25.3 Å². The number of carboxylic acids is 1. The lowest BCUT2D eigenvalue weighted by Crippen LogP contribution is -2.29. The standard InChI is InChI=1S/C13H21NO3/c1-3-4-7-11(2)10-17-9-6-5-8-12(14)13(15)16/h3-4,7,12H,1-2,5-6,8-10,14H2,(H,15,16)/b7-4-. The molecule has 1 atom stereocenters. The quantitative estimate of drug-likeness (QED) is 0.451. The predicted octanol–water partition coefficient (Wildman–Crippen LogP) is 1.88. The Hall–Kier alpha value is -1.39. The number of nitrogens with two attached hydrogens (primary N) is 1. The molecule has 0 aromatic heterocycles. The summed E-state index contributed by atoms with van der Waals surface area (Å²) in [6.07, 6.45) is 7.36. The highest BCUT2D eigenvalue weighted by atomic mass is 16.5. The topological polar surface area (TPSA) is 72.5 Å². The van der Waals surface area contributed by atoms with Crippen LogP contribution in [0.25, 0.3) is 0 Å². The third kappa shape index (κ3) is 9.53. The Morgan fingerprint density at radius 1 is 1.47 bits per heavy atom. The number of carbonyl (C=O) groups is 1. The van der Waals surface area contributed by atoms with Gasteiger partial charge in [-0.2, -0.15) is 0 Å². The molecule has 0 amide bonds. The van der Waals surface area contributed by atoms with Gasteiger partial charge in [0, 0.05) is 6.61 Å². The van der Waals surface area contributed by atoms with Gasteiger partial charge in [0.05, 0.1) is 6.61 Å². The number of carboxylic acid groups (broad SMARTS) is 1. The summed E-state index contributed by atoms with van der Waals surface area (Å²) in [5.74, 6) is -0.950. The molecular formula is C13H21NO3. The highest BCUT2D eigenvalue weighted by molar-refractivity contribution is 5.72. The first-order valence-corrected chi connectivity index (χ1v) is 5.61. The van der Waals surface area contributed by atoms with E-state index in [9.17, 15) is 4.79 Å². The number of hydrogen-bond donors (Lipinski definition) is 2. The molecule has 0 saturated carbocycles. The van der Waals surface area contributed by atoms with E-state index < -0.39 is 12.0 Å². The van der Waals surface area contributed by atoms with Gasteiger partial charge < -0.3 is 15.6 Å². The maximum atomic E-state index is 10.4. The molecule has 0 heterocycles. The number of unbranched alkanes of at least 4 members (excludes halogenated alkanes) is 1. The third-order valence-corrected chi connectivity index (χ3v) is 2.13. The molecular weight excluding hydrogens is 218 g/mol. The van der Waals surface area contributed by atoms with Crippen LogP contribution in [-0.2, 0) is 9.53 Å². The van der Waals surface area contributed by atoms with Crippen molar-refractivity contribution in [1.29, 1.82) is 0 Å². The minimum Gasteiger partial charge on any atom is -0.480 e. The maximum Gasteiger partial charge on any atom is 0.320 e. The highest BCUT2D eigenvalue weighted by Crippen LogP contribution is 2.01. The van der Waals surface area contributed by atoms with E-state index in [4.69, 9.17) is 15.6 Å². The second-order valence-electron chi connectivity index (χ2n) is 3.75. The van der Waals surface area contributed by atoms with Crippen molar-refractivity contribution in [3.8, 4) is 0 Å². The maximum absolute atomic E-state index is 10.4. The van der Waals surface area contributed by atoms with E-state index >= 15 is 0 Å². The lowest BCUT2D eigenvalue weighted by molar-refractivity contribution is -0.138. The van der Waals surface area contributed by atoms with Gasteiger partial charge in [0.1, 0.15) is 6.04 Å². The van der Waals surface area contributed by atoms with Gasteiger partial charge in [-0.05, 0) is 24.8 Å². The fraction of sp³-hybridized carbons (Fsp3) is 0.462. The Morgan fingerprint density at radius 2 is 2.18 bits per heavy atom. The van der Waals surface area contributed by atoms with E-state index in [0.717, 1.165) is 18.4 Å². The van der Waals surface area contributed by atoms with Crippen LogP contribution in [0.4, 0.5) is 0 Å². The average molecular weight is 239 g/mol. The summed E-state index contributed by atoms with van der Waals surface area (Å²) in [5, 5.41) is 8.56. The van der Waals surface area contributed by atoms with Crippen LogP contribution in [-0.4, -0.2) is 30.3 Å². The van der Waals surface area contributed by atoms with Crippen molar-refractivity contribution < 1.29 is 14.6 Å². The van der Waals surface area contributed by atoms with E-state index in [0.29, 0.717) is 19.6 Å². The van der Waals surface area contributed by atoms with Crippen molar-refractivity contribution in [2.75, 3.05) is 13.2 Å². The van der Waals surface area contributed by atoms with Crippen LogP contribution < -0.4 is 5.73 Å². The van der Waals surface area contributed by atoms with E-state index in [1.54, 1.807) is 12.2 Å². The van der Waals surface area contributed by atoms with E-state index in [1.807, 2.05) is 6.08 Å². The summed E-state index contributed by atoms with van der Waals surface area (Å²) >= 11 is 0. The number of hydrogen-bond acceptors (Lipinski definition) is 3. The summed E-state index contributed by atoms with van der Waals surface area (Å²) in [4.78, 5) is 10.4. The SMILES string of the molecule is C=C/C=C\C(=C)COCCCCC(N)C(=O)O. The predicted molar refractivity (Wildman–Crippen MR) is 68.8 cm³/mol.